The maximum absolute atomic E-state index is 12.9. The number of fused-ring (bicyclic) bond motifs is 3. The van der Waals surface area contributed by atoms with E-state index in [1.54, 1.807) is 36.4 Å². The number of hydrogen-bond acceptors (Lipinski definition) is 7. The minimum atomic E-state index is -2.97. The number of hydrogen-bond donors (Lipinski definition) is 0. The summed E-state index contributed by atoms with van der Waals surface area (Å²) in [6, 6.07) is 15.4. The van der Waals surface area contributed by atoms with E-state index in [4.69, 9.17) is 9.15 Å². The Hall–Kier alpha value is -3.85. The third-order valence-electron chi connectivity index (χ3n) is 4.60. The van der Waals surface area contributed by atoms with Crippen molar-refractivity contribution in [3.63, 3.8) is 0 Å². The number of rotatable bonds is 6. The molecule has 0 spiro atoms. The van der Waals surface area contributed by atoms with Crippen molar-refractivity contribution in [2.24, 2.45) is 0 Å². The minimum Gasteiger partial charge on any atom is -0.452 e. The van der Waals surface area contributed by atoms with Gasteiger partial charge in [0.05, 0.1) is 5.69 Å². The Morgan fingerprint density at radius 1 is 1.00 bits per heavy atom. The molecule has 0 saturated heterocycles. The van der Waals surface area contributed by atoms with Crippen LogP contribution in [0.3, 0.4) is 0 Å². The quantitative estimate of drug-likeness (QED) is 0.307. The highest BCUT2D eigenvalue weighted by atomic mass is 32.1. The second-order valence-electron chi connectivity index (χ2n) is 6.41. The molecule has 2 aromatic carbocycles. The molecule has 5 rings (SSSR count). The lowest BCUT2D eigenvalue weighted by molar-refractivity contribution is -0.120. The van der Waals surface area contributed by atoms with E-state index in [9.17, 15) is 13.6 Å². The van der Waals surface area contributed by atoms with Gasteiger partial charge in [0.2, 0.25) is 5.88 Å². The molecule has 0 aliphatic heterocycles. The van der Waals surface area contributed by atoms with Crippen molar-refractivity contribution in [2.75, 3.05) is 0 Å². The van der Waals surface area contributed by atoms with Crippen LogP contribution in [0.1, 0.15) is 0 Å². The molecule has 6 nitrogen and oxygen atoms in total. The fourth-order valence-corrected chi connectivity index (χ4v) is 4.20. The van der Waals surface area contributed by atoms with Gasteiger partial charge in [-0.3, -0.25) is 4.79 Å². The summed E-state index contributed by atoms with van der Waals surface area (Å²) in [5.41, 5.74) is 2.63. The average Bonchev–Trinajstić information content (AvgIpc) is 3.40. The van der Waals surface area contributed by atoms with Gasteiger partial charge in [0, 0.05) is 27.8 Å². The van der Waals surface area contributed by atoms with Crippen LogP contribution in [0.5, 0.6) is 11.6 Å². The summed E-state index contributed by atoms with van der Waals surface area (Å²) in [4.78, 5) is 19.5. The average molecular weight is 438 g/mol. The SMILES string of the molecule is O=COc1cccc(-c2csc(-c3ccc(OC(F)F)c4oc5ccccc5c34)n2)n1. The van der Waals surface area contributed by atoms with Gasteiger partial charge in [-0.25, -0.2) is 9.97 Å². The van der Waals surface area contributed by atoms with Crippen LogP contribution >= 0.6 is 11.3 Å². The van der Waals surface area contributed by atoms with Gasteiger partial charge in [0.1, 0.15) is 16.3 Å². The number of alkyl halides is 2. The van der Waals surface area contributed by atoms with Gasteiger partial charge >= 0.3 is 6.61 Å². The number of carbonyl (C=O) groups excluding carboxylic acids is 1. The van der Waals surface area contributed by atoms with E-state index in [-0.39, 0.29) is 17.2 Å². The maximum atomic E-state index is 12.9. The van der Waals surface area contributed by atoms with Gasteiger partial charge in [-0.15, -0.1) is 11.3 Å². The highest BCUT2D eigenvalue weighted by Crippen LogP contribution is 2.42. The number of halogens is 2. The van der Waals surface area contributed by atoms with E-state index in [2.05, 4.69) is 14.7 Å². The van der Waals surface area contributed by atoms with E-state index in [1.165, 1.54) is 17.4 Å². The van der Waals surface area contributed by atoms with Gasteiger partial charge in [-0.1, -0.05) is 24.3 Å². The summed E-state index contributed by atoms with van der Waals surface area (Å²) in [6.45, 7) is -2.66. The number of carbonyl (C=O) groups is 1. The molecule has 0 aliphatic rings. The standard InChI is InChI=1S/C22H12F2N2O4S/c23-22(24)30-17-9-8-13(19-12-4-1-2-6-16(12)29-20(17)19)21-26-15(10-31-21)14-5-3-7-18(25-14)28-11-27/h1-11,22H. The number of thiazole rings is 1. The van der Waals surface area contributed by atoms with Gasteiger partial charge in [0.15, 0.2) is 11.3 Å². The summed E-state index contributed by atoms with van der Waals surface area (Å²) in [5.74, 6) is 0.126. The summed E-state index contributed by atoms with van der Waals surface area (Å²) >= 11 is 1.37. The second-order valence-corrected chi connectivity index (χ2v) is 7.26. The number of ether oxygens (including phenoxy) is 2. The molecule has 0 radical (unpaired) electrons. The lowest BCUT2D eigenvalue weighted by atomic mass is 10.1. The third kappa shape index (κ3) is 3.49. The number of nitrogens with zero attached hydrogens (tertiary/aromatic N) is 2. The first kappa shape index (κ1) is 19.1. The number of para-hydroxylation sites is 1. The van der Waals surface area contributed by atoms with Crippen LogP contribution in [0.25, 0.3) is 43.9 Å². The van der Waals surface area contributed by atoms with E-state index >= 15 is 0 Å². The van der Waals surface area contributed by atoms with Crippen molar-refractivity contribution < 1.29 is 27.5 Å². The molecular formula is C22H12F2N2O4S. The zero-order valence-electron chi connectivity index (χ0n) is 15.6. The first-order valence-corrected chi connectivity index (χ1v) is 9.94. The molecule has 0 fully saturated rings. The fourth-order valence-electron chi connectivity index (χ4n) is 3.36. The zero-order valence-corrected chi connectivity index (χ0v) is 16.4. The van der Waals surface area contributed by atoms with Crippen LogP contribution < -0.4 is 9.47 Å². The molecule has 0 atom stereocenters. The molecule has 0 aliphatic carbocycles. The number of aromatic nitrogens is 2. The van der Waals surface area contributed by atoms with E-state index < -0.39 is 6.61 Å². The molecule has 3 heterocycles. The lowest BCUT2D eigenvalue weighted by Gasteiger charge is -2.07. The lowest BCUT2D eigenvalue weighted by Crippen LogP contribution is -2.02. The smallest absolute Gasteiger partial charge is 0.387 e. The number of benzene rings is 2. The monoisotopic (exact) mass is 438 g/mol. The van der Waals surface area contributed by atoms with Gasteiger partial charge in [0.25, 0.3) is 6.47 Å². The Bertz CT molecular complexity index is 1410. The molecule has 0 bridgehead atoms. The number of pyridine rings is 1. The normalized spacial score (nSPS) is 11.3. The van der Waals surface area contributed by atoms with Crippen molar-refractivity contribution >= 4 is 39.7 Å². The molecule has 5 aromatic rings. The topological polar surface area (TPSA) is 74.5 Å². The predicted octanol–water partition coefficient (Wildman–Crippen LogP) is 5.91. The van der Waals surface area contributed by atoms with E-state index in [0.29, 0.717) is 33.8 Å². The highest BCUT2D eigenvalue weighted by Gasteiger charge is 2.20. The van der Waals surface area contributed by atoms with Crippen LogP contribution in [-0.4, -0.2) is 23.1 Å². The Morgan fingerprint density at radius 3 is 2.71 bits per heavy atom. The Morgan fingerprint density at radius 2 is 1.87 bits per heavy atom. The molecule has 9 heteroatoms. The van der Waals surface area contributed by atoms with Crippen molar-refractivity contribution in [3.8, 4) is 33.6 Å². The van der Waals surface area contributed by atoms with Gasteiger partial charge in [-0.05, 0) is 24.3 Å². The van der Waals surface area contributed by atoms with E-state index in [1.807, 2.05) is 17.5 Å². The van der Waals surface area contributed by atoms with Crippen molar-refractivity contribution in [1.82, 2.24) is 9.97 Å². The van der Waals surface area contributed by atoms with Gasteiger partial charge in [-0.2, -0.15) is 8.78 Å². The van der Waals surface area contributed by atoms with Crippen LogP contribution in [0.4, 0.5) is 8.78 Å². The van der Waals surface area contributed by atoms with Crippen molar-refractivity contribution in [2.45, 2.75) is 6.61 Å². The largest absolute Gasteiger partial charge is 0.452 e. The Labute approximate surface area is 177 Å². The maximum Gasteiger partial charge on any atom is 0.387 e. The second kappa shape index (κ2) is 7.77. The van der Waals surface area contributed by atoms with Crippen LogP contribution in [0, 0.1) is 0 Å². The molecule has 154 valence electrons. The minimum absolute atomic E-state index is 0.0397. The summed E-state index contributed by atoms with van der Waals surface area (Å²) < 4.78 is 41.1. The van der Waals surface area contributed by atoms with Gasteiger partial charge < -0.3 is 13.9 Å². The summed E-state index contributed by atoms with van der Waals surface area (Å²) in [7, 11) is 0. The molecule has 0 N–H and O–H groups in total. The molecule has 0 unspecified atom stereocenters. The molecular weight excluding hydrogens is 426 g/mol. The Balaban J connectivity index is 1.66. The van der Waals surface area contributed by atoms with Crippen molar-refractivity contribution in [3.05, 3.63) is 60.0 Å². The molecule has 3 aromatic heterocycles. The van der Waals surface area contributed by atoms with E-state index in [0.717, 1.165) is 10.9 Å². The first-order valence-electron chi connectivity index (χ1n) is 9.07. The zero-order chi connectivity index (χ0) is 21.4. The summed E-state index contributed by atoms with van der Waals surface area (Å²) in [6.07, 6.45) is 0. The highest BCUT2D eigenvalue weighted by molar-refractivity contribution is 7.13. The molecule has 31 heavy (non-hydrogen) atoms. The molecule has 0 amide bonds. The van der Waals surface area contributed by atoms with Crippen molar-refractivity contribution in [1.29, 1.82) is 0 Å². The van der Waals surface area contributed by atoms with Crippen LogP contribution in [0.2, 0.25) is 0 Å². The fraction of sp³-hybridized carbons (Fsp3) is 0.0455. The summed E-state index contributed by atoms with van der Waals surface area (Å²) in [5, 5.41) is 3.88. The predicted molar refractivity (Wildman–Crippen MR) is 111 cm³/mol. The Kier molecular flexibility index (Phi) is 4.79. The molecule has 0 saturated carbocycles. The van der Waals surface area contributed by atoms with Crippen LogP contribution in [0.15, 0.2) is 64.4 Å². The third-order valence-corrected chi connectivity index (χ3v) is 5.47. The first-order chi connectivity index (χ1) is 15.1. The van der Waals surface area contributed by atoms with Crippen LogP contribution in [-0.2, 0) is 4.79 Å². The number of furan rings is 1.